The van der Waals surface area contributed by atoms with Crippen LogP contribution in [0.3, 0.4) is 0 Å². The van der Waals surface area contributed by atoms with Crippen LogP contribution in [0.1, 0.15) is 53.7 Å². The van der Waals surface area contributed by atoms with Gasteiger partial charge in [-0.1, -0.05) is 6.92 Å². The summed E-state index contributed by atoms with van der Waals surface area (Å²) in [7, 11) is 0. The first-order valence-corrected chi connectivity index (χ1v) is 10.5. The molecule has 3 heterocycles. The van der Waals surface area contributed by atoms with Crippen LogP contribution in [0.4, 0.5) is 0 Å². The lowest BCUT2D eigenvalue weighted by molar-refractivity contribution is -0.148. The second-order valence-corrected chi connectivity index (χ2v) is 8.87. The Hall–Kier alpha value is -1.40. The summed E-state index contributed by atoms with van der Waals surface area (Å²) in [6, 6.07) is 2.04. The molecule has 2 saturated heterocycles. The molecule has 1 aromatic rings. The van der Waals surface area contributed by atoms with E-state index in [1.165, 1.54) is 10.4 Å². The number of carbonyl (C=O) groups is 2. The van der Waals surface area contributed by atoms with E-state index in [-0.39, 0.29) is 29.9 Å². The number of ether oxygens (including phenoxy) is 1. The molecule has 2 unspecified atom stereocenters. The number of hydrogen-bond donors (Lipinski definition) is 0. The van der Waals surface area contributed by atoms with Gasteiger partial charge in [-0.3, -0.25) is 9.59 Å². The standard InChI is InChI=1S/C20H30N2O3S/c1-5-16-10-18(26-15(16)4)20(24)21-8-6-17(7-9-21)19(23)22-11-13(2)25-14(3)12-22/h10,13-14,17H,5-9,11-12H2,1-4H3. The van der Waals surface area contributed by atoms with Gasteiger partial charge in [-0.15, -0.1) is 11.3 Å². The molecule has 0 saturated carbocycles. The highest BCUT2D eigenvalue weighted by molar-refractivity contribution is 7.14. The number of likely N-dealkylation sites (tertiary alicyclic amines) is 1. The number of aryl methyl sites for hydroxylation is 2. The smallest absolute Gasteiger partial charge is 0.263 e. The molecule has 26 heavy (non-hydrogen) atoms. The molecular formula is C20H30N2O3S. The minimum Gasteiger partial charge on any atom is -0.372 e. The Morgan fingerprint density at radius 3 is 2.31 bits per heavy atom. The number of nitrogens with zero attached hydrogens (tertiary/aromatic N) is 2. The summed E-state index contributed by atoms with van der Waals surface area (Å²) in [5.74, 6) is 0.393. The summed E-state index contributed by atoms with van der Waals surface area (Å²) >= 11 is 1.59. The van der Waals surface area contributed by atoms with E-state index in [9.17, 15) is 9.59 Å². The number of thiophene rings is 1. The second kappa shape index (κ2) is 8.09. The summed E-state index contributed by atoms with van der Waals surface area (Å²) in [5, 5.41) is 0. The van der Waals surface area contributed by atoms with Gasteiger partial charge in [-0.05, 0) is 51.7 Å². The molecule has 144 valence electrons. The quantitative estimate of drug-likeness (QED) is 0.812. The van der Waals surface area contributed by atoms with Gasteiger partial charge in [0.05, 0.1) is 17.1 Å². The zero-order valence-electron chi connectivity index (χ0n) is 16.3. The van der Waals surface area contributed by atoms with E-state index in [0.717, 1.165) is 24.1 Å². The Morgan fingerprint density at radius 2 is 1.77 bits per heavy atom. The van der Waals surface area contributed by atoms with Crippen molar-refractivity contribution in [3.63, 3.8) is 0 Å². The van der Waals surface area contributed by atoms with Crippen molar-refractivity contribution in [1.29, 1.82) is 0 Å². The normalized spacial score (nSPS) is 24.8. The molecule has 5 nitrogen and oxygen atoms in total. The van der Waals surface area contributed by atoms with Crippen molar-refractivity contribution < 1.29 is 14.3 Å². The van der Waals surface area contributed by atoms with Gasteiger partial charge in [0.2, 0.25) is 5.91 Å². The van der Waals surface area contributed by atoms with Crippen molar-refractivity contribution in [2.24, 2.45) is 5.92 Å². The van der Waals surface area contributed by atoms with Gasteiger partial charge in [0.1, 0.15) is 0 Å². The zero-order chi connectivity index (χ0) is 18.8. The lowest BCUT2D eigenvalue weighted by Crippen LogP contribution is -2.51. The first-order chi connectivity index (χ1) is 12.4. The first-order valence-electron chi connectivity index (χ1n) is 9.71. The third-order valence-electron chi connectivity index (χ3n) is 5.47. The number of carbonyl (C=O) groups excluding carboxylic acids is 2. The molecule has 6 heteroatoms. The molecule has 2 fully saturated rings. The molecule has 0 N–H and O–H groups in total. The minimum atomic E-state index is 0.0350. The number of rotatable bonds is 3. The SMILES string of the molecule is CCc1cc(C(=O)N2CCC(C(=O)N3CC(C)OC(C)C3)CC2)sc1C. The molecule has 0 radical (unpaired) electrons. The van der Waals surface area contributed by atoms with Crippen LogP contribution in [0.15, 0.2) is 6.07 Å². The molecule has 3 rings (SSSR count). The monoisotopic (exact) mass is 378 g/mol. The number of morpholine rings is 1. The van der Waals surface area contributed by atoms with E-state index in [1.807, 2.05) is 29.7 Å². The summed E-state index contributed by atoms with van der Waals surface area (Å²) in [5.41, 5.74) is 1.26. The highest BCUT2D eigenvalue weighted by Crippen LogP contribution is 2.27. The Bertz CT molecular complexity index is 654. The van der Waals surface area contributed by atoms with Crippen LogP contribution in [0, 0.1) is 12.8 Å². The Morgan fingerprint density at radius 1 is 1.15 bits per heavy atom. The number of hydrogen-bond acceptors (Lipinski definition) is 4. The lowest BCUT2D eigenvalue weighted by Gasteiger charge is -2.39. The van der Waals surface area contributed by atoms with Crippen molar-refractivity contribution in [3.8, 4) is 0 Å². The molecule has 2 atom stereocenters. The average Bonchev–Trinajstić information content (AvgIpc) is 3.00. The average molecular weight is 379 g/mol. The van der Waals surface area contributed by atoms with Crippen LogP contribution < -0.4 is 0 Å². The van der Waals surface area contributed by atoms with Crippen molar-refractivity contribution in [2.45, 2.75) is 59.2 Å². The largest absolute Gasteiger partial charge is 0.372 e. The molecule has 0 aliphatic carbocycles. The van der Waals surface area contributed by atoms with E-state index < -0.39 is 0 Å². The van der Waals surface area contributed by atoms with Crippen molar-refractivity contribution >= 4 is 23.2 Å². The van der Waals surface area contributed by atoms with Gasteiger partial charge in [-0.2, -0.15) is 0 Å². The third kappa shape index (κ3) is 4.12. The highest BCUT2D eigenvalue weighted by atomic mass is 32.1. The predicted molar refractivity (Wildman–Crippen MR) is 104 cm³/mol. The molecule has 2 aliphatic rings. The van der Waals surface area contributed by atoms with Crippen molar-refractivity contribution in [2.75, 3.05) is 26.2 Å². The summed E-state index contributed by atoms with van der Waals surface area (Å²) in [6.45, 7) is 10.9. The van der Waals surface area contributed by atoms with Gasteiger partial charge in [0.15, 0.2) is 0 Å². The number of piperidine rings is 1. The molecule has 1 aromatic heterocycles. The molecule has 0 bridgehead atoms. The van der Waals surface area contributed by atoms with E-state index >= 15 is 0 Å². The van der Waals surface area contributed by atoms with Gasteiger partial charge >= 0.3 is 0 Å². The summed E-state index contributed by atoms with van der Waals surface area (Å²) in [6.07, 6.45) is 2.67. The van der Waals surface area contributed by atoms with Gasteiger partial charge in [0, 0.05) is 37.0 Å². The van der Waals surface area contributed by atoms with Gasteiger partial charge in [0.25, 0.3) is 5.91 Å². The fraction of sp³-hybridized carbons (Fsp3) is 0.700. The minimum absolute atomic E-state index is 0.0350. The maximum absolute atomic E-state index is 12.8. The highest BCUT2D eigenvalue weighted by Gasteiger charge is 2.34. The molecule has 2 amide bonds. The molecule has 0 spiro atoms. The predicted octanol–water partition coefficient (Wildman–Crippen LogP) is 3.11. The second-order valence-electron chi connectivity index (χ2n) is 7.61. The van der Waals surface area contributed by atoms with Crippen LogP contribution in [0.5, 0.6) is 0 Å². The van der Waals surface area contributed by atoms with Crippen LogP contribution in [-0.2, 0) is 16.0 Å². The summed E-state index contributed by atoms with van der Waals surface area (Å²) < 4.78 is 5.73. The van der Waals surface area contributed by atoms with Crippen LogP contribution in [-0.4, -0.2) is 60.0 Å². The first kappa shape index (κ1) is 19.4. The fourth-order valence-corrected chi connectivity index (χ4v) is 5.16. The Kier molecular flexibility index (Phi) is 6.03. The van der Waals surface area contributed by atoms with Gasteiger partial charge < -0.3 is 14.5 Å². The molecule has 0 aromatic carbocycles. The van der Waals surface area contributed by atoms with Gasteiger partial charge in [-0.25, -0.2) is 0 Å². The molecule has 2 aliphatic heterocycles. The fourth-order valence-electron chi connectivity index (χ4n) is 4.08. The van der Waals surface area contributed by atoms with Crippen LogP contribution in [0.25, 0.3) is 0 Å². The maximum atomic E-state index is 12.8. The van der Waals surface area contributed by atoms with Crippen LogP contribution >= 0.6 is 11.3 Å². The maximum Gasteiger partial charge on any atom is 0.263 e. The summed E-state index contributed by atoms with van der Waals surface area (Å²) in [4.78, 5) is 31.6. The molecular weight excluding hydrogens is 348 g/mol. The van der Waals surface area contributed by atoms with E-state index in [0.29, 0.717) is 26.2 Å². The zero-order valence-corrected chi connectivity index (χ0v) is 17.1. The Labute approximate surface area is 160 Å². The van der Waals surface area contributed by atoms with Crippen LogP contribution in [0.2, 0.25) is 0 Å². The van der Waals surface area contributed by atoms with E-state index in [4.69, 9.17) is 4.74 Å². The Balaban J connectivity index is 1.56. The van der Waals surface area contributed by atoms with Crippen molar-refractivity contribution in [1.82, 2.24) is 9.80 Å². The third-order valence-corrected chi connectivity index (χ3v) is 6.56. The number of amides is 2. The topological polar surface area (TPSA) is 49.9 Å². The lowest BCUT2D eigenvalue weighted by atomic mass is 9.94. The van der Waals surface area contributed by atoms with E-state index in [1.54, 1.807) is 11.3 Å². The van der Waals surface area contributed by atoms with Crippen molar-refractivity contribution in [3.05, 3.63) is 21.4 Å². The van der Waals surface area contributed by atoms with E-state index in [2.05, 4.69) is 13.8 Å².